The van der Waals surface area contributed by atoms with Gasteiger partial charge in [-0.25, -0.2) is 0 Å². The van der Waals surface area contributed by atoms with Gasteiger partial charge in [-0.15, -0.1) is 0 Å². The molecule has 0 aromatic carbocycles. The highest BCUT2D eigenvalue weighted by Gasteiger charge is 2.33. The molecule has 5 amide bonds. The van der Waals surface area contributed by atoms with E-state index in [1.165, 1.54) is 0 Å². The first-order chi connectivity index (χ1) is 43.8. The van der Waals surface area contributed by atoms with Gasteiger partial charge in [0.05, 0.1) is 124 Å². The average molecular weight is 1310 g/mol. The number of hydrogen-bond donors (Lipinski definition) is 6. The Morgan fingerprint density at radius 1 is 0.385 bits per heavy atom. The number of ether oxygens (including phenoxy) is 10. The molecule has 0 atom stereocenters. The van der Waals surface area contributed by atoms with E-state index in [1.54, 1.807) is 4.90 Å². The van der Waals surface area contributed by atoms with Gasteiger partial charge >= 0.3 is 5.97 Å². The van der Waals surface area contributed by atoms with Crippen LogP contribution in [0.2, 0.25) is 0 Å². The average Bonchev–Trinajstić information content (AvgIpc) is 2.80. The number of carboxylic acid groups (broad SMARTS) is 1. The number of hydrogen-bond acceptors (Lipinski definition) is 22. The normalized spacial score (nSPS) is 11.2. The summed E-state index contributed by atoms with van der Waals surface area (Å²) in [6.07, 6.45) is 4.66. The lowest BCUT2D eigenvalue weighted by Crippen LogP contribution is -2.43. The molecule has 522 valence electrons. The second-order valence-electron chi connectivity index (χ2n) is 19.5. The topological polar surface area (TPSA) is 490 Å². The van der Waals surface area contributed by atoms with Crippen LogP contribution in [0.3, 0.4) is 0 Å². The van der Waals surface area contributed by atoms with Gasteiger partial charge in [-0.3, -0.25) is 38.5 Å². The smallest absolute Gasteiger partial charge is 0.317 e. The zero-order valence-corrected chi connectivity index (χ0v) is 52.8. The molecular weight excluding hydrogens is 1200 g/mol. The van der Waals surface area contributed by atoms with Crippen molar-refractivity contribution in [3.05, 3.63) is 41.8 Å². The van der Waals surface area contributed by atoms with E-state index in [9.17, 15) is 33.6 Å². The van der Waals surface area contributed by atoms with Crippen molar-refractivity contribution in [2.24, 2.45) is 25.9 Å². The number of amides is 5. The number of aliphatic carboxylic acids is 1. The highest BCUT2D eigenvalue weighted by atomic mass is 16.5. The minimum atomic E-state index is -0.959. The maximum Gasteiger partial charge on any atom is 0.317 e. The number of carboxylic acids is 1. The van der Waals surface area contributed by atoms with Crippen molar-refractivity contribution >= 4 is 41.3 Å². The predicted molar refractivity (Wildman–Crippen MR) is 334 cm³/mol. The van der Waals surface area contributed by atoms with Crippen LogP contribution >= 0.6 is 0 Å². The van der Waals surface area contributed by atoms with Crippen LogP contribution in [0.4, 0.5) is 0 Å². The largest absolute Gasteiger partial charge is 0.480 e. The van der Waals surface area contributed by atoms with Crippen LogP contribution in [-0.2, 0) is 80.9 Å². The third kappa shape index (κ3) is 66.0. The molecule has 0 aromatic rings. The molecule has 0 spiro atoms. The number of ketones is 1. The van der Waals surface area contributed by atoms with Crippen LogP contribution in [-0.4, -0.2) is 262 Å². The van der Waals surface area contributed by atoms with Gasteiger partial charge in [0.2, 0.25) is 29.5 Å². The number of Topliss-reactive ketones (excluding diaryl/α,β-unsaturated/α-hetero) is 1. The van der Waals surface area contributed by atoms with E-state index in [1.807, 2.05) is 13.8 Å². The molecule has 91 heavy (non-hydrogen) atoms. The summed E-state index contributed by atoms with van der Waals surface area (Å²) in [4.78, 5) is 96.5. The standard InChI is InChI=1S/C35H64N12O12.C19H36N6O6.CH4/c1-2-15-52-21-9-39-32(49)6-18-57-28-35(27-56-17-5-31(48)4-3-16-53-24-12-42-45-36,29-58-19-7-33(50)40-10-22-54-25-13-43-46-37)30-59-20-8-34(51)41-11-23-55-26-14-44-47-38;1-2-12-30-13-5-17(26)21-7-3-10-25(16-19(28)29)11-4-8-22-18(27)6-14-31-15-9-23-24-20;/h2-30H2,1H3,(H,39,49)(H,40,50)(H,41,51);2-16H2,1H3,(H,21,26)(H,22,27)(H,28,29);1H4. The van der Waals surface area contributed by atoms with Gasteiger partial charge in [0.15, 0.2) is 0 Å². The number of nitrogens with one attached hydrogen (secondary N) is 5. The summed E-state index contributed by atoms with van der Waals surface area (Å²) in [5.74, 6) is -1.92. The Morgan fingerprint density at radius 2 is 0.681 bits per heavy atom. The Kier molecular flexibility index (Phi) is 67.3. The highest BCUT2D eigenvalue weighted by Crippen LogP contribution is 2.22. The lowest BCUT2D eigenvalue weighted by molar-refractivity contribution is -0.138. The number of nitrogens with zero attached hydrogens (tertiary/aromatic N) is 13. The summed E-state index contributed by atoms with van der Waals surface area (Å²) < 4.78 is 55.6. The van der Waals surface area contributed by atoms with Gasteiger partial charge in [-0.1, -0.05) is 41.7 Å². The molecule has 36 nitrogen and oxygen atoms in total. The maximum absolute atomic E-state index is 12.5. The first-order valence-corrected chi connectivity index (χ1v) is 30.4. The Labute approximate surface area is 534 Å². The molecule has 0 unspecified atom stereocenters. The van der Waals surface area contributed by atoms with Crippen LogP contribution in [0.1, 0.15) is 98.3 Å². The van der Waals surface area contributed by atoms with Crippen LogP contribution in [0, 0.1) is 5.41 Å². The molecule has 0 fully saturated rings. The van der Waals surface area contributed by atoms with Crippen LogP contribution < -0.4 is 26.6 Å². The molecule has 0 saturated heterocycles. The molecule has 0 radical (unpaired) electrons. The predicted octanol–water partition coefficient (Wildman–Crippen LogP) is 4.26. The lowest BCUT2D eigenvalue weighted by atomic mass is 9.92. The van der Waals surface area contributed by atoms with Crippen LogP contribution in [0.25, 0.3) is 41.8 Å². The van der Waals surface area contributed by atoms with Gasteiger partial charge in [0.25, 0.3) is 0 Å². The van der Waals surface area contributed by atoms with E-state index in [2.05, 4.69) is 66.7 Å². The lowest BCUT2D eigenvalue weighted by Gasteiger charge is -2.33. The molecular formula is C55H104N18O18. The summed E-state index contributed by atoms with van der Waals surface area (Å²) in [6.45, 7) is 12.1. The van der Waals surface area contributed by atoms with Crippen molar-refractivity contribution in [2.45, 2.75) is 98.3 Å². The van der Waals surface area contributed by atoms with Gasteiger partial charge < -0.3 is 79.1 Å². The second-order valence-corrected chi connectivity index (χ2v) is 19.5. The van der Waals surface area contributed by atoms with Crippen molar-refractivity contribution in [1.82, 2.24) is 31.5 Å². The Morgan fingerprint density at radius 3 is 1.02 bits per heavy atom. The van der Waals surface area contributed by atoms with Gasteiger partial charge in [-0.2, -0.15) is 0 Å². The molecule has 0 aliphatic rings. The van der Waals surface area contributed by atoms with Crippen molar-refractivity contribution in [3.63, 3.8) is 0 Å². The molecule has 0 heterocycles. The summed E-state index contributed by atoms with van der Waals surface area (Å²) in [7, 11) is 0. The summed E-state index contributed by atoms with van der Waals surface area (Å²) in [5, 5.41) is 36.3. The first kappa shape index (κ1) is 88.5. The van der Waals surface area contributed by atoms with E-state index >= 15 is 0 Å². The zero-order valence-electron chi connectivity index (χ0n) is 52.8. The number of carbonyl (C=O) groups excluding carboxylic acids is 6. The fraction of sp³-hybridized carbons (Fsp3) is 0.873. The van der Waals surface area contributed by atoms with E-state index in [0.717, 1.165) is 12.8 Å². The highest BCUT2D eigenvalue weighted by molar-refractivity contribution is 5.78. The maximum atomic E-state index is 12.5. The van der Waals surface area contributed by atoms with Gasteiger partial charge in [0.1, 0.15) is 5.78 Å². The van der Waals surface area contributed by atoms with Crippen LogP contribution in [0.15, 0.2) is 20.5 Å². The Hall–Kier alpha value is -6.71. The minimum Gasteiger partial charge on any atom is -0.480 e. The molecule has 36 heteroatoms. The summed E-state index contributed by atoms with van der Waals surface area (Å²) >= 11 is 0. The monoisotopic (exact) mass is 1300 g/mol. The summed E-state index contributed by atoms with van der Waals surface area (Å²) in [5.41, 5.74) is 32.1. The fourth-order valence-electron chi connectivity index (χ4n) is 7.16. The van der Waals surface area contributed by atoms with Crippen LogP contribution in [0.5, 0.6) is 0 Å². The second kappa shape index (κ2) is 69.2. The Bertz CT molecular complexity index is 1960. The van der Waals surface area contributed by atoms with E-state index < -0.39 is 11.4 Å². The number of carbonyl (C=O) groups is 7. The third-order valence-corrected chi connectivity index (χ3v) is 11.6. The van der Waals surface area contributed by atoms with Gasteiger partial charge in [0, 0.05) is 156 Å². The van der Waals surface area contributed by atoms with E-state index in [-0.39, 0.29) is 226 Å². The summed E-state index contributed by atoms with van der Waals surface area (Å²) in [6, 6.07) is 0. The van der Waals surface area contributed by atoms with Gasteiger partial charge in [-0.05, 0) is 54.2 Å². The van der Waals surface area contributed by atoms with Crippen molar-refractivity contribution in [3.8, 4) is 0 Å². The minimum absolute atomic E-state index is 0. The first-order valence-electron chi connectivity index (χ1n) is 30.4. The van der Waals surface area contributed by atoms with Crippen molar-refractivity contribution < 1.29 is 86.0 Å². The zero-order chi connectivity index (χ0) is 66.5. The molecule has 0 aliphatic heterocycles. The molecule has 0 saturated carbocycles. The fourth-order valence-corrected chi connectivity index (χ4v) is 7.16. The molecule has 0 bridgehead atoms. The van der Waals surface area contributed by atoms with Crippen molar-refractivity contribution in [1.29, 1.82) is 0 Å². The number of rotatable bonds is 65. The van der Waals surface area contributed by atoms with E-state index in [0.29, 0.717) is 91.4 Å². The molecule has 6 N–H and O–H groups in total. The molecule has 0 aliphatic carbocycles. The molecule has 0 rings (SSSR count). The number of azide groups is 4. The van der Waals surface area contributed by atoms with Crippen molar-refractivity contribution in [2.75, 3.05) is 211 Å². The SMILES string of the molecule is C.CCCOCCC(=O)NCCCN(CCCNC(=O)CCOCCN=[N+]=[N-])CC(=O)O.CCCOCCNC(=O)CCOCC(COCCC(=O)CCCOCCN=[N+]=[N-])(COCCC(=O)NCCOCCN=[N+]=[N-])COCCC(=O)NCCOCCN=[N+]=[N-]. The Balaban J connectivity index is -0.00000203. The quantitative estimate of drug-likeness (QED) is 0.0214. The molecule has 0 aromatic heterocycles. The van der Waals surface area contributed by atoms with E-state index in [4.69, 9.17) is 74.6 Å². The third-order valence-electron chi connectivity index (χ3n) is 11.6.